The Bertz CT molecular complexity index is 1350. The molecule has 0 aliphatic heterocycles. The lowest BCUT2D eigenvalue weighted by Crippen LogP contribution is -2.28. The van der Waals surface area contributed by atoms with E-state index in [1.165, 1.54) is 5.56 Å². The van der Waals surface area contributed by atoms with Crippen LogP contribution in [0.25, 0.3) is 33.6 Å². The van der Waals surface area contributed by atoms with E-state index >= 15 is 0 Å². The fourth-order valence-electron chi connectivity index (χ4n) is 4.11. The summed E-state index contributed by atoms with van der Waals surface area (Å²) in [5, 5.41) is 15.1. The lowest BCUT2D eigenvalue weighted by Gasteiger charge is -2.28. The number of hydrogen-bond acceptors (Lipinski definition) is 6. The van der Waals surface area contributed by atoms with Crippen LogP contribution in [0.5, 0.6) is 0 Å². The minimum atomic E-state index is 0.0877. The van der Waals surface area contributed by atoms with Gasteiger partial charge in [0.05, 0.1) is 6.04 Å². The summed E-state index contributed by atoms with van der Waals surface area (Å²) in [5.41, 5.74) is 5.70. The van der Waals surface area contributed by atoms with Gasteiger partial charge in [-0.15, -0.1) is 10.2 Å². The number of rotatable bonds is 8. The molecule has 2 heterocycles. The van der Waals surface area contributed by atoms with Crippen LogP contribution >= 0.6 is 11.6 Å². The summed E-state index contributed by atoms with van der Waals surface area (Å²) in [6.45, 7) is 5.24. The number of hydrogen-bond donors (Lipinski definition) is 1. The van der Waals surface area contributed by atoms with Gasteiger partial charge < -0.3 is 9.32 Å². The third-order valence-corrected chi connectivity index (χ3v) is 6.26. The number of aromatic amines is 1. The average Bonchev–Trinajstić information content (AvgIpc) is 3.54. The number of oxazole rings is 1. The van der Waals surface area contributed by atoms with Crippen LogP contribution in [-0.4, -0.2) is 32.2 Å². The second-order valence-electron chi connectivity index (χ2n) is 8.23. The van der Waals surface area contributed by atoms with E-state index in [1.54, 1.807) is 0 Å². The van der Waals surface area contributed by atoms with Crippen LogP contribution in [0.2, 0.25) is 5.02 Å². The van der Waals surface area contributed by atoms with Crippen LogP contribution in [0.15, 0.2) is 71.1 Å². The van der Waals surface area contributed by atoms with Gasteiger partial charge in [0.1, 0.15) is 5.52 Å². The Labute approximate surface area is 202 Å². The van der Waals surface area contributed by atoms with Crippen molar-refractivity contribution >= 4 is 28.7 Å². The monoisotopic (exact) mass is 472 g/mol. The molecule has 0 fully saturated rings. The van der Waals surface area contributed by atoms with E-state index in [0.29, 0.717) is 16.9 Å². The number of nitrogens with zero attached hydrogens (tertiary/aromatic N) is 5. The molecule has 8 heteroatoms. The number of unbranched alkanes of at least 4 members (excludes halogenated alkanes) is 1. The number of aromatic nitrogens is 5. The minimum absolute atomic E-state index is 0.0877. The summed E-state index contributed by atoms with van der Waals surface area (Å²) in [6.07, 6.45) is 2.15. The van der Waals surface area contributed by atoms with Gasteiger partial charge in [-0.1, -0.05) is 61.3 Å². The molecular formula is C26H25ClN6O. The lowest BCUT2D eigenvalue weighted by molar-refractivity contribution is 0.524. The first-order chi connectivity index (χ1) is 16.6. The van der Waals surface area contributed by atoms with Crippen LogP contribution < -0.4 is 4.90 Å². The molecule has 1 N–H and O–H groups in total. The molecule has 0 unspecified atom stereocenters. The third kappa shape index (κ3) is 4.39. The zero-order valence-corrected chi connectivity index (χ0v) is 19.8. The predicted octanol–water partition coefficient (Wildman–Crippen LogP) is 6.70. The van der Waals surface area contributed by atoms with Gasteiger partial charge in [-0.05, 0) is 65.6 Å². The molecule has 0 saturated heterocycles. The van der Waals surface area contributed by atoms with E-state index in [0.717, 1.165) is 47.2 Å². The highest BCUT2D eigenvalue weighted by atomic mass is 35.5. The van der Waals surface area contributed by atoms with Gasteiger partial charge in [0.25, 0.3) is 6.01 Å². The van der Waals surface area contributed by atoms with Gasteiger partial charge in [0.2, 0.25) is 5.82 Å². The summed E-state index contributed by atoms with van der Waals surface area (Å²) in [5.74, 6) is 0.533. The molecule has 5 aromatic rings. The zero-order chi connectivity index (χ0) is 23.5. The van der Waals surface area contributed by atoms with Gasteiger partial charge in [0.15, 0.2) is 5.58 Å². The standard InChI is InChI=1S/C26H25ClN6O/c1-3-4-15-33(26-28-23-7-5-6-8-24(23)34-26)17(2)18-9-11-19(12-10-18)22-16-20(27)13-14-21(22)25-29-31-32-30-25/h5-14,16-17H,3-4,15H2,1-2H3,(H,29,30,31,32)/t17-/m1/s1. The van der Waals surface area contributed by atoms with Crippen LogP contribution in [0.3, 0.4) is 0 Å². The maximum Gasteiger partial charge on any atom is 0.298 e. The highest BCUT2D eigenvalue weighted by Crippen LogP contribution is 2.34. The Morgan fingerprint density at radius 1 is 1.03 bits per heavy atom. The highest BCUT2D eigenvalue weighted by molar-refractivity contribution is 6.31. The fraction of sp³-hybridized carbons (Fsp3) is 0.231. The number of H-pyrrole nitrogens is 1. The van der Waals surface area contributed by atoms with Crippen molar-refractivity contribution in [3.05, 3.63) is 77.3 Å². The second kappa shape index (κ2) is 9.65. The van der Waals surface area contributed by atoms with Crippen molar-refractivity contribution in [1.82, 2.24) is 25.6 Å². The number of halogens is 1. The number of fused-ring (bicyclic) bond motifs is 1. The molecule has 0 amide bonds. The first kappa shape index (κ1) is 22.1. The van der Waals surface area contributed by atoms with E-state index < -0.39 is 0 Å². The van der Waals surface area contributed by atoms with E-state index in [2.05, 4.69) is 63.6 Å². The van der Waals surface area contributed by atoms with Gasteiger partial charge in [0, 0.05) is 17.1 Å². The fourth-order valence-corrected chi connectivity index (χ4v) is 4.29. The SMILES string of the molecule is CCCCN(c1nc2ccccc2o1)[C@H](C)c1ccc(-c2cc(Cl)ccc2-c2nn[nH]n2)cc1. The van der Waals surface area contributed by atoms with Crippen molar-refractivity contribution in [1.29, 1.82) is 0 Å². The molecule has 2 aromatic heterocycles. The minimum Gasteiger partial charge on any atom is -0.423 e. The third-order valence-electron chi connectivity index (χ3n) is 6.02. The van der Waals surface area contributed by atoms with Gasteiger partial charge >= 0.3 is 0 Å². The molecular weight excluding hydrogens is 448 g/mol. The number of benzene rings is 3. The van der Waals surface area contributed by atoms with E-state index in [4.69, 9.17) is 21.0 Å². The molecule has 7 nitrogen and oxygen atoms in total. The van der Waals surface area contributed by atoms with Crippen LogP contribution in [0, 0.1) is 0 Å². The van der Waals surface area contributed by atoms with E-state index in [-0.39, 0.29) is 6.04 Å². The van der Waals surface area contributed by atoms with Gasteiger partial charge in [-0.25, -0.2) is 0 Å². The zero-order valence-electron chi connectivity index (χ0n) is 19.1. The lowest BCUT2D eigenvalue weighted by atomic mass is 9.96. The van der Waals surface area contributed by atoms with E-state index in [9.17, 15) is 0 Å². The summed E-state index contributed by atoms with van der Waals surface area (Å²) in [4.78, 5) is 6.99. The Balaban J connectivity index is 1.47. The molecule has 1 atom stereocenters. The second-order valence-corrected chi connectivity index (χ2v) is 8.67. The predicted molar refractivity (Wildman–Crippen MR) is 135 cm³/mol. The van der Waals surface area contributed by atoms with Crippen LogP contribution in [0.1, 0.15) is 38.3 Å². The number of para-hydroxylation sites is 2. The Hall–Kier alpha value is -3.71. The van der Waals surface area contributed by atoms with Crippen LogP contribution in [0.4, 0.5) is 6.01 Å². The summed E-state index contributed by atoms with van der Waals surface area (Å²) in [6, 6.07) is 22.8. The van der Waals surface area contributed by atoms with Crippen molar-refractivity contribution in [3.63, 3.8) is 0 Å². The summed E-state index contributed by atoms with van der Waals surface area (Å²) >= 11 is 6.31. The van der Waals surface area contributed by atoms with Crippen molar-refractivity contribution in [2.75, 3.05) is 11.4 Å². The highest BCUT2D eigenvalue weighted by Gasteiger charge is 2.21. The maximum absolute atomic E-state index is 6.31. The first-order valence-corrected chi connectivity index (χ1v) is 11.8. The molecule has 3 aromatic carbocycles. The number of anilines is 1. The topological polar surface area (TPSA) is 83.7 Å². The van der Waals surface area contributed by atoms with Crippen molar-refractivity contribution in [2.45, 2.75) is 32.7 Å². The van der Waals surface area contributed by atoms with Crippen molar-refractivity contribution < 1.29 is 4.42 Å². The molecule has 34 heavy (non-hydrogen) atoms. The van der Waals surface area contributed by atoms with Gasteiger partial charge in [-0.2, -0.15) is 10.2 Å². The smallest absolute Gasteiger partial charge is 0.298 e. The molecule has 0 radical (unpaired) electrons. The molecule has 0 spiro atoms. The molecule has 5 rings (SSSR count). The van der Waals surface area contributed by atoms with Crippen molar-refractivity contribution in [2.24, 2.45) is 0 Å². The Morgan fingerprint density at radius 2 is 1.85 bits per heavy atom. The number of tetrazole rings is 1. The number of nitrogens with one attached hydrogen (secondary N) is 1. The molecule has 0 aliphatic carbocycles. The Morgan fingerprint density at radius 3 is 2.59 bits per heavy atom. The maximum atomic E-state index is 6.31. The first-order valence-electron chi connectivity index (χ1n) is 11.4. The summed E-state index contributed by atoms with van der Waals surface area (Å²) < 4.78 is 6.11. The summed E-state index contributed by atoms with van der Waals surface area (Å²) in [7, 11) is 0. The van der Waals surface area contributed by atoms with Crippen molar-refractivity contribution in [3.8, 4) is 22.5 Å². The molecule has 0 bridgehead atoms. The molecule has 0 saturated carbocycles. The normalized spacial score (nSPS) is 12.2. The van der Waals surface area contributed by atoms with Gasteiger partial charge in [-0.3, -0.25) is 0 Å². The van der Waals surface area contributed by atoms with Crippen LogP contribution in [-0.2, 0) is 0 Å². The average molecular weight is 473 g/mol. The largest absolute Gasteiger partial charge is 0.423 e. The van der Waals surface area contributed by atoms with E-state index in [1.807, 2.05) is 42.5 Å². The molecule has 0 aliphatic rings. The quantitative estimate of drug-likeness (QED) is 0.270. The molecule has 172 valence electrons. The Kier molecular flexibility index (Phi) is 6.27.